The molecule has 0 aliphatic carbocycles. The Morgan fingerprint density at radius 1 is 1.20 bits per heavy atom. The molecule has 0 bridgehead atoms. The average molecular weight is 272 g/mol. The zero-order chi connectivity index (χ0) is 13.9. The number of methoxy groups -OCH3 is 1. The van der Waals surface area contributed by atoms with Gasteiger partial charge in [0.2, 0.25) is 5.95 Å². The van der Waals surface area contributed by atoms with Gasteiger partial charge in [0.05, 0.1) is 7.11 Å². The van der Waals surface area contributed by atoms with E-state index in [2.05, 4.69) is 27.1 Å². The summed E-state index contributed by atoms with van der Waals surface area (Å²) in [5, 5.41) is 4.14. The number of rotatable bonds is 3. The predicted octanol–water partition coefficient (Wildman–Crippen LogP) is 2.21. The van der Waals surface area contributed by atoms with Crippen LogP contribution in [0.2, 0.25) is 0 Å². The minimum atomic E-state index is 0.565. The molecule has 2 aromatic rings. The highest BCUT2D eigenvalue weighted by Crippen LogP contribution is 2.34. The summed E-state index contributed by atoms with van der Waals surface area (Å²) in [4.78, 5) is 6.63. The van der Waals surface area contributed by atoms with Crippen LogP contribution in [-0.4, -0.2) is 35.0 Å². The van der Waals surface area contributed by atoms with Crippen molar-refractivity contribution >= 4 is 5.95 Å². The number of aromatic nitrogens is 3. The van der Waals surface area contributed by atoms with E-state index in [1.54, 1.807) is 13.4 Å². The second-order valence-corrected chi connectivity index (χ2v) is 5.19. The Kier molecular flexibility index (Phi) is 3.58. The van der Waals surface area contributed by atoms with E-state index < -0.39 is 0 Å². The van der Waals surface area contributed by atoms with E-state index in [0.717, 1.165) is 37.6 Å². The number of anilines is 1. The van der Waals surface area contributed by atoms with Crippen LogP contribution in [0.4, 0.5) is 5.95 Å². The lowest BCUT2D eigenvalue weighted by molar-refractivity contribution is 0.396. The van der Waals surface area contributed by atoms with Gasteiger partial charge in [0.15, 0.2) is 0 Å². The number of benzene rings is 1. The monoisotopic (exact) mass is 272 g/mol. The molecular weight excluding hydrogens is 252 g/mol. The molecule has 3 rings (SSSR count). The number of aryl methyl sites for hydroxylation is 1. The standard InChI is InChI=1S/C15H20N4O/c1-18-15(16-11-17-18)19-9-7-12(8-10-19)13-5-3-4-6-14(13)20-2/h3-6,11-12H,7-10H2,1-2H3. The van der Waals surface area contributed by atoms with Crippen molar-refractivity contribution in [2.24, 2.45) is 7.05 Å². The van der Waals surface area contributed by atoms with Crippen LogP contribution in [0.5, 0.6) is 5.75 Å². The van der Waals surface area contributed by atoms with Crippen LogP contribution in [0.3, 0.4) is 0 Å². The molecule has 0 saturated carbocycles. The van der Waals surface area contributed by atoms with Gasteiger partial charge < -0.3 is 9.64 Å². The van der Waals surface area contributed by atoms with Crippen LogP contribution in [0.15, 0.2) is 30.6 Å². The number of hydrogen-bond donors (Lipinski definition) is 0. The van der Waals surface area contributed by atoms with Crippen LogP contribution in [-0.2, 0) is 7.05 Å². The van der Waals surface area contributed by atoms with Gasteiger partial charge in [-0.25, -0.2) is 4.68 Å². The largest absolute Gasteiger partial charge is 0.496 e. The molecular formula is C15H20N4O. The molecule has 0 atom stereocenters. The Morgan fingerprint density at radius 3 is 2.60 bits per heavy atom. The zero-order valence-electron chi connectivity index (χ0n) is 12.0. The van der Waals surface area contributed by atoms with E-state index in [4.69, 9.17) is 4.74 Å². The van der Waals surface area contributed by atoms with E-state index in [1.165, 1.54) is 5.56 Å². The molecule has 0 unspecified atom stereocenters. The number of para-hydroxylation sites is 1. The summed E-state index contributed by atoms with van der Waals surface area (Å²) >= 11 is 0. The summed E-state index contributed by atoms with van der Waals surface area (Å²) in [5.41, 5.74) is 1.33. The van der Waals surface area contributed by atoms with Crippen molar-refractivity contribution < 1.29 is 4.74 Å². The minimum Gasteiger partial charge on any atom is -0.496 e. The summed E-state index contributed by atoms with van der Waals surface area (Å²) in [5.74, 6) is 2.53. The zero-order valence-corrected chi connectivity index (χ0v) is 12.0. The van der Waals surface area contributed by atoms with E-state index in [-0.39, 0.29) is 0 Å². The minimum absolute atomic E-state index is 0.565. The van der Waals surface area contributed by atoms with Crippen LogP contribution in [0.25, 0.3) is 0 Å². The van der Waals surface area contributed by atoms with Crippen LogP contribution >= 0.6 is 0 Å². The van der Waals surface area contributed by atoms with Gasteiger partial charge in [-0.05, 0) is 30.4 Å². The molecule has 0 radical (unpaired) electrons. The number of hydrogen-bond acceptors (Lipinski definition) is 4. The quantitative estimate of drug-likeness (QED) is 0.859. The maximum Gasteiger partial charge on any atom is 0.223 e. The van der Waals surface area contributed by atoms with Crippen molar-refractivity contribution in [1.29, 1.82) is 0 Å². The number of nitrogens with zero attached hydrogens (tertiary/aromatic N) is 4. The van der Waals surface area contributed by atoms with Gasteiger partial charge in [-0.3, -0.25) is 0 Å². The molecule has 2 heterocycles. The van der Waals surface area contributed by atoms with Gasteiger partial charge >= 0.3 is 0 Å². The van der Waals surface area contributed by atoms with Crippen molar-refractivity contribution in [2.45, 2.75) is 18.8 Å². The molecule has 1 aromatic heterocycles. The fourth-order valence-corrected chi connectivity index (χ4v) is 2.97. The Morgan fingerprint density at radius 2 is 1.95 bits per heavy atom. The lowest BCUT2D eigenvalue weighted by atomic mass is 9.89. The average Bonchev–Trinajstić information content (AvgIpc) is 2.93. The highest BCUT2D eigenvalue weighted by Gasteiger charge is 2.24. The topological polar surface area (TPSA) is 43.2 Å². The summed E-state index contributed by atoms with van der Waals surface area (Å²) in [7, 11) is 3.68. The van der Waals surface area contributed by atoms with Gasteiger partial charge in [-0.1, -0.05) is 18.2 Å². The SMILES string of the molecule is COc1ccccc1C1CCN(c2ncnn2C)CC1. The van der Waals surface area contributed by atoms with E-state index in [9.17, 15) is 0 Å². The first-order chi connectivity index (χ1) is 9.79. The fourth-order valence-electron chi connectivity index (χ4n) is 2.97. The second kappa shape index (κ2) is 5.53. The molecule has 20 heavy (non-hydrogen) atoms. The first-order valence-corrected chi connectivity index (χ1v) is 7.01. The van der Waals surface area contributed by atoms with E-state index in [0.29, 0.717) is 5.92 Å². The summed E-state index contributed by atoms with van der Waals surface area (Å²) in [6.45, 7) is 2.02. The third-order valence-corrected chi connectivity index (χ3v) is 4.04. The Balaban J connectivity index is 1.71. The molecule has 5 heteroatoms. The maximum atomic E-state index is 5.48. The van der Waals surface area contributed by atoms with Crippen molar-refractivity contribution in [1.82, 2.24) is 14.8 Å². The van der Waals surface area contributed by atoms with E-state index >= 15 is 0 Å². The van der Waals surface area contributed by atoms with Crippen LogP contribution in [0, 0.1) is 0 Å². The van der Waals surface area contributed by atoms with Crippen LogP contribution < -0.4 is 9.64 Å². The second-order valence-electron chi connectivity index (χ2n) is 5.19. The molecule has 0 amide bonds. The van der Waals surface area contributed by atoms with Gasteiger partial charge in [0, 0.05) is 20.1 Å². The first kappa shape index (κ1) is 13.0. The molecule has 106 valence electrons. The lowest BCUT2D eigenvalue weighted by Gasteiger charge is -2.32. The Bertz CT molecular complexity index is 573. The smallest absolute Gasteiger partial charge is 0.223 e. The predicted molar refractivity (Wildman–Crippen MR) is 78.2 cm³/mol. The molecule has 1 fully saturated rings. The molecule has 1 aromatic carbocycles. The van der Waals surface area contributed by atoms with Gasteiger partial charge in [-0.2, -0.15) is 10.1 Å². The Hall–Kier alpha value is -2.04. The summed E-state index contributed by atoms with van der Waals surface area (Å²) in [6.07, 6.45) is 3.85. The molecule has 1 aliphatic rings. The van der Waals surface area contributed by atoms with Crippen molar-refractivity contribution in [3.05, 3.63) is 36.2 Å². The summed E-state index contributed by atoms with van der Waals surface area (Å²) in [6, 6.07) is 8.34. The van der Waals surface area contributed by atoms with Gasteiger partial charge in [0.25, 0.3) is 0 Å². The Labute approximate surface area is 119 Å². The van der Waals surface area contributed by atoms with Crippen LogP contribution in [0.1, 0.15) is 24.3 Å². The highest BCUT2D eigenvalue weighted by molar-refractivity contribution is 5.38. The van der Waals surface area contributed by atoms with Crippen molar-refractivity contribution in [2.75, 3.05) is 25.1 Å². The van der Waals surface area contributed by atoms with Crippen molar-refractivity contribution in [3.8, 4) is 5.75 Å². The molecule has 1 saturated heterocycles. The normalized spacial score (nSPS) is 16.4. The van der Waals surface area contributed by atoms with E-state index in [1.807, 2.05) is 23.9 Å². The molecule has 5 nitrogen and oxygen atoms in total. The molecule has 0 N–H and O–H groups in total. The first-order valence-electron chi connectivity index (χ1n) is 7.01. The third-order valence-electron chi connectivity index (χ3n) is 4.04. The van der Waals surface area contributed by atoms with Gasteiger partial charge in [0.1, 0.15) is 12.1 Å². The fraction of sp³-hybridized carbons (Fsp3) is 0.467. The number of ether oxygens (including phenoxy) is 1. The van der Waals surface area contributed by atoms with Gasteiger partial charge in [-0.15, -0.1) is 0 Å². The third kappa shape index (κ3) is 2.35. The highest BCUT2D eigenvalue weighted by atomic mass is 16.5. The number of piperidine rings is 1. The van der Waals surface area contributed by atoms with Crippen molar-refractivity contribution in [3.63, 3.8) is 0 Å². The maximum absolute atomic E-state index is 5.48. The molecule has 1 aliphatic heterocycles. The molecule has 0 spiro atoms. The summed E-state index contributed by atoms with van der Waals surface area (Å²) < 4.78 is 7.31. The lowest BCUT2D eigenvalue weighted by Crippen LogP contribution is -2.34.